The van der Waals surface area contributed by atoms with E-state index in [-0.39, 0.29) is 11.2 Å². The summed E-state index contributed by atoms with van der Waals surface area (Å²) in [7, 11) is 1.78. The fourth-order valence-electron chi connectivity index (χ4n) is 0.611. The number of hydrogen-bond acceptors (Lipinski definition) is 2. The van der Waals surface area contributed by atoms with Gasteiger partial charge in [0.2, 0.25) is 9.05 Å². The summed E-state index contributed by atoms with van der Waals surface area (Å²) in [5.74, 6) is 0.357. The lowest BCUT2D eigenvalue weighted by Crippen LogP contribution is -2.26. The summed E-state index contributed by atoms with van der Waals surface area (Å²) >= 11 is 0. The van der Waals surface area contributed by atoms with E-state index in [2.05, 4.69) is 0 Å². The minimum absolute atomic E-state index is 0.0409. The van der Waals surface area contributed by atoms with Gasteiger partial charge in [-0.15, -0.1) is 0 Å². The van der Waals surface area contributed by atoms with Crippen molar-refractivity contribution in [2.24, 2.45) is 11.3 Å². The molecule has 0 saturated heterocycles. The summed E-state index contributed by atoms with van der Waals surface area (Å²) in [5, 5.41) is 0. The molecule has 0 rings (SSSR count). The molecule has 0 amide bonds. The Hall–Kier alpha value is 0.240. The zero-order valence-corrected chi connectivity index (χ0v) is 8.96. The highest BCUT2D eigenvalue weighted by Gasteiger charge is 2.27. The summed E-state index contributed by atoms with van der Waals surface area (Å²) in [6.45, 7) is 7.78. The first-order valence-corrected chi connectivity index (χ1v) is 6.05. The maximum atomic E-state index is 10.7. The van der Waals surface area contributed by atoms with E-state index in [1.54, 1.807) is 0 Å². The Bertz CT molecular complexity index is 217. The van der Waals surface area contributed by atoms with Crippen LogP contribution in [0, 0.1) is 11.3 Å². The lowest BCUT2D eigenvalue weighted by Gasteiger charge is -2.27. The highest BCUT2D eigenvalue weighted by molar-refractivity contribution is 8.13. The number of hydrogen-bond donors (Lipinski definition) is 0. The van der Waals surface area contributed by atoms with Gasteiger partial charge in [0.05, 0.1) is 5.75 Å². The van der Waals surface area contributed by atoms with Gasteiger partial charge in [0, 0.05) is 10.7 Å². The maximum Gasteiger partial charge on any atom is 0.233 e. The lowest BCUT2D eigenvalue weighted by molar-refractivity contribution is 0.287. The highest BCUT2D eigenvalue weighted by atomic mass is 35.7. The van der Waals surface area contributed by atoms with Crippen LogP contribution < -0.4 is 0 Å². The summed E-state index contributed by atoms with van der Waals surface area (Å²) in [5.41, 5.74) is -0.236. The second-order valence-corrected chi connectivity index (χ2v) is 6.60. The third-order valence-electron chi connectivity index (χ3n) is 2.11. The van der Waals surface area contributed by atoms with Crippen molar-refractivity contribution in [2.45, 2.75) is 27.7 Å². The van der Waals surface area contributed by atoms with E-state index in [0.29, 0.717) is 5.92 Å². The van der Waals surface area contributed by atoms with Crippen molar-refractivity contribution >= 4 is 19.7 Å². The van der Waals surface area contributed by atoms with E-state index < -0.39 is 9.05 Å². The first-order chi connectivity index (χ1) is 4.65. The molecule has 11 heavy (non-hydrogen) atoms. The van der Waals surface area contributed by atoms with Gasteiger partial charge < -0.3 is 0 Å². The predicted molar refractivity (Wildman–Crippen MR) is 48.3 cm³/mol. The van der Waals surface area contributed by atoms with E-state index in [4.69, 9.17) is 10.7 Å². The molecule has 0 N–H and O–H groups in total. The molecule has 0 bridgehead atoms. The highest BCUT2D eigenvalue weighted by Crippen LogP contribution is 2.28. The third kappa shape index (κ3) is 4.64. The predicted octanol–water partition coefficient (Wildman–Crippen LogP) is 2.24. The van der Waals surface area contributed by atoms with Crippen molar-refractivity contribution in [3.63, 3.8) is 0 Å². The fraction of sp³-hybridized carbons (Fsp3) is 1.00. The molecule has 0 fully saturated rings. The van der Waals surface area contributed by atoms with Gasteiger partial charge in [0.1, 0.15) is 0 Å². The van der Waals surface area contributed by atoms with Gasteiger partial charge in [-0.25, -0.2) is 8.42 Å². The van der Waals surface area contributed by atoms with Crippen LogP contribution in [0.1, 0.15) is 27.7 Å². The zero-order valence-electron chi connectivity index (χ0n) is 7.39. The first kappa shape index (κ1) is 11.2. The Morgan fingerprint density at radius 1 is 1.36 bits per heavy atom. The quantitative estimate of drug-likeness (QED) is 0.652. The van der Waals surface area contributed by atoms with E-state index in [1.807, 2.05) is 27.7 Å². The van der Waals surface area contributed by atoms with Crippen LogP contribution >= 0.6 is 10.7 Å². The standard InChI is InChI=1S/C7H15ClO2S/c1-6(2)7(3,4)5-11(8,9)10/h6H,5H2,1-4H3. The summed E-state index contributed by atoms with van der Waals surface area (Å²) in [6, 6.07) is 0. The summed E-state index contributed by atoms with van der Waals surface area (Å²) < 4.78 is 21.4. The average molecular weight is 199 g/mol. The van der Waals surface area contributed by atoms with E-state index in [9.17, 15) is 8.42 Å². The molecule has 2 nitrogen and oxygen atoms in total. The molecule has 0 aliphatic carbocycles. The minimum atomic E-state index is -3.35. The summed E-state index contributed by atoms with van der Waals surface area (Å²) in [6.07, 6.45) is 0. The van der Waals surface area contributed by atoms with Crippen molar-refractivity contribution in [1.29, 1.82) is 0 Å². The molecule has 0 radical (unpaired) electrons. The Morgan fingerprint density at radius 2 is 1.73 bits per heavy atom. The second-order valence-electron chi connectivity index (χ2n) is 3.83. The second kappa shape index (κ2) is 3.31. The van der Waals surface area contributed by atoms with E-state index in [0.717, 1.165) is 0 Å². The molecule has 0 aliphatic heterocycles. The van der Waals surface area contributed by atoms with Crippen LogP contribution in [-0.2, 0) is 9.05 Å². The Morgan fingerprint density at radius 3 is 1.82 bits per heavy atom. The molecule has 0 spiro atoms. The Balaban J connectivity index is 4.38. The van der Waals surface area contributed by atoms with E-state index in [1.165, 1.54) is 0 Å². The minimum Gasteiger partial charge on any atom is -0.212 e. The van der Waals surface area contributed by atoms with Gasteiger partial charge >= 0.3 is 0 Å². The molecule has 0 unspecified atom stereocenters. The first-order valence-electron chi connectivity index (χ1n) is 3.57. The van der Waals surface area contributed by atoms with Crippen LogP contribution in [0.15, 0.2) is 0 Å². The van der Waals surface area contributed by atoms with Crippen molar-refractivity contribution in [3.05, 3.63) is 0 Å². The lowest BCUT2D eigenvalue weighted by atomic mass is 9.83. The van der Waals surface area contributed by atoms with Gasteiger partial charge in [-0.2, -0.15) is 0 Å². The molecule has 0 saturated carbocycles. The van der Waals surface area contributed by atoms with Crippen LogP contribution in [0.4, 0.5) is 0 Å². The van der Waals surface area contributed by atoms with Crippen molar-refractivity contribution in [3.8, 4) is 0 Å². The SMILES string of the molecule is CC(C)C(C)(C)CS(=O)(=O)Cl. The van der Waals surface area contributed by atoms with Gasteiger partial charge in [-0.1, -0.05) is 27.7 Å². The molecule has 68 valence electrons. The molecular formula is C7H15ClO2S. The topological polar surface area (TPSA) is 34.1 Å². The van der Waals surface area contributed by atoms with Crippen LogP contribution in [0.5, 0.6) is 0 Å². The Kier molecular flexibility index (Phi) is 3.39. The molecule has 0 aromatic carbocycles. The van der Waals surface area contributed by atoms with Crippen molar-refractivity contribution in [2.75, 3.05) is 5.75 Å². The fourth-order valence-corrected chi connectivity index (χ4v) is 2.68. The molecule has 0 heterocycles. The van der Waals surface area contributed by atoms with E-state index >= 15 is 0 Å². The molecule has 0 aliphatic rings. The van der Waals surface area contributed by atoms with Crippen molar-refractivity contribution in [1.82, 2.24) is 0 Å². The van der Waals surface area contributed by atoms with Crippen LogP contribution in [0.2, 0.25) is 0 Å². The monoisotopic (exact) mass is 198 g/mol. The molecule has 0 atom stereocenters. The average Bonchev–Trinajstić information content (AvgIpc) is 1.56. The summed E-state index contributed by atoms with van der Waals surface area (Å²) in [4.78, 5) is 0. The molecular weight excluding hydrogens is 184 g/mol. The van der Waals surface area contributed by atoms with Crippen LogP contribution in [0.3, 0.4) is 0 Å². The normalized spacial score (nSPS) is 14.0. The van der Waals surface area contributed by atoms with Crippen LogP contribution in [-0.4, -0.2) is 14.2 Å². The zero-order chi connectivity index (χ0) is 9.28. The largest absolute Gasteiger partial charge is 0.233 e. The maximum absolute atomic E-state index is 10.7. The van der Waals surface area contributed by atoms with Crippen molar-refractivity contribution < 1.29 is 8.42 Å². The molecule has 0 aromatic heterocycles. The van der Waals surface area contributed by atoms with Crippen LogP contribution in [0.25, 0.3) is 0 Å². The number of rotatable bonds is 3. The molecule has 4 heteroatoms. The van der Waals surface area contributed by atoms with Gasteiger partial charge in [0.15, 0.2) is 0 Å². The number of halogens is 1. The van der Waals surface area contributed by atoms with Gasteiger partial charge in [0.25, 0.3) is 0 Å². The molecule has 0 aromatic rings. The Labute approximate surface area is 73.4 Å². The van der Waals surface area contributed by atoms with Gasteiger partial charge in [-0.3, -0.25) is 0 Å². The smallest absolute Gasteiger partial charge is 0.212 e. The third-order valence-corrected chi connectivity index (χ3v) is 3.52. The van der Waals surface area contributed by atoms with Gasteiger partial charge in [-0.05, 0) is 11.3 Å².